The first-order chi connectivity index (χ1) is 8.53. The predicted octanol–water partition coefficient (Wildman–Crippen LogP) is -0.313. The van der Waals surface area contributed by atoms with E-state index >= 15 is 0 Å². The lowest BCUT2D eigenvalue weighted by Crippen LogP contribution is -2.31. The first-order valence-corrected chi connectivity index (χ1v) is 8.02. The van der Waals surface area contributed by atoms with Gasteiger partial charge in [-0.05, 0) is 19.9 Å². The Labute approximate surface area is 108 Å². The van der Waals surface area contributed by atoms with Gasteiger partial charge in [0.15, 0.2) is 9.84 Å². The van der Waals surface area contributed by atoms with Crippen LogP contribution in [0.25, 0.3) is 0 Å². The molecular weight excluding hydrogens is 258 g/mol. The van der Waals surface area contributed by atoms with Crippen molar-refractivity contribution in [1.29, 1.82) is 0 Å². The Morgan fingerprint density at radius 3 is 2.78 bits per heavy atom. The Kier molecular flexibility index (Phi) is 6.59. The van der Waals surface area contributed by atoms with Crippen molar-refractivity contribution < 1.29 is 22.7 Å². The maximum atomic E-state index is 11.4. The second-order valence-corrected chi connectivity index (χ2v) is 6.51. The number of hydrogen-bond acceptors (Lipinski definition) is 6. The lowest BCUT2D eigenvalue weighted by atomic mass is 10.4. The van der Waals surface area contributed by atoms with Crippen LogP contribution in [0.1, 0.15) is 13.3 Å². The normalized spacial score (nSPS) is 20.3. The van der Waals surface area contributed by atoms with Gasteiger partial charge in [0.1, 0.15) is 6.61 Å². The van der Waals surface area contributed by atoms with Crippen molar-refractivity contribution in [3.05, 3.63) is 0 Å². The number of carbonyl (C=O) groups is 1. The molecule has 6 nitrogen and oxygen atoms in total. The number of nitrogens with zero attached hydrogens (tertiary/aromatic N) is 1. The monoisotopic (exact) mass is 279 g/mol. The molecular formula is C11H21NO5S. The van der Waals surface area contributed by atoms with Crippen LogP contribution in [0.4, 0.5) is 0 Å². The third-order valence-electron chi connectivity index (χ3n) is 2.73. The molecule has 7 heteroatoms. The maximum Gasteiger partial charge on any atom is 0.332 e. The Morgan fingerprint density at radius 1 is 1.28 bits per heavy atom. The van der Waals surface area contributed by atoms with Gasteiger partial charge in [0.2, 0.25) is 0 Å². The van der Waals surface area contributed by atoms with Gasteiger partial charge in [-0.3, -0.25) is 0 Å². The van der Waals surface area contributed by atoms with Crippen LogP contribution in [0.5, 0.6) is 0 Å². The average molecular weight is 279 g/mol. The topological polar surface area (TPSA) is 72.9 Å². The Hall–Kier alpha value is -0.660. The fourth-order valence-corrected chi connectivity index (χ4v) is 3.07. The average Bonchev–Trinajstić information content (AvgIpc) is 2.47. The molecule has 18 heavy (non-hydrogen) atoms. The van der Waals surface area contributed by atoms with Gasteiger partial charge in [-0.1, -0.05) is 0 Å². The van der Waals surface area contributed by atoms with Crippen LogP contribution >= 0.6 is 0 Å². The molecule has 1 aliphatic rings. The molecule has 0 aromatic heterocycles. The van der Waals surface area contributed by atoms with Crippen molar-refractivity contribution >= 4 is 15.8 Å². The first-order valence-electron chi connectivity index (χ1n) is 6.19. The molecule has 0 saturated carbocycles. The number of carbonyl (C=O) groups excluding carboxylic acids is 1. The number of rotatable bonds is 6. The summed E-state index contributed by atoms with van der Waals surface area (Å²) in [5.74, 6) is 0.119. The molecule has 0 bridgehead atoms. The minimum Gasteiger partial charge on any atom is -0.464 e. The van der Waals surface area contributed by atoms with Crippen LogP contribution in [0, 0.1) is 0 Å². The van der Waals surface area contributed by atoms with E-state index in [1.807, 2.05) is 0 Å². The van der Waals surface area contributed by atoms with E-state index in [-0.39, 0.29) is 24.1 Å². The highest BCUT2D eigenvalue weighted by Crippen LogP contribution is 2.04. The predicted molar refractivity (Wildman–Crippen MR) is 67.2 cm³/mol. The van der Waals surface area contributed by atoms with E-state index < -0.39 is 9.84 Å². The van der Waals surface area contributed by atoms with E-state index in [0.29, 0.717) is 32.7 Å². The fraction of sp³-hybridized carbons (Fsp3) is 0.909. The standard InChI is InChI=1S/C11H21NO5S/c1-2-17-11(13)10-16-7-5-12-4-3-8-18(14,15)9-6-12/h2-10H2,1H3. The highest BCUT2D eigenvalue weighted by Gasteiger charge is 2.18. The van der Waals surface area contributed by atoms with Crippen LogP contribution in [-0.4, -0.2) is 70.2 Å². The Bertz CT molecular complexity index is 354. The van der Waals surface area contributed by atoms with Gasteiger partial charge in [-0.2, -0.15) is 0 Å². The smallest absolute Gasteiger partial charge is 0.332 e. The summed E-state index contributed by atoms with van der Waals surface area (Å²) in [5.41, 5.74) is 0. The van der Waals surface area contributed by atoms with Crippen molar-refractivity contribution in [3.63, 3.8) is 0 Å². The van der Waals surface area contributed by atoms with Gasteiger partial charge in [-0.25, -0.2) is 13.2 Å². The summed E-state index contributed by atoms with van der Waals surface area (Å²) in [5, 5.41) is 0. The molecule has 1 saturated heterocycles. The maximum absolute atomic E-state index is 11.4. The molecule has 1 rings (SSSR count). The van der Waals surface area contributed by atoms with E-state index in [1.54, 1.807) is 6.92 Å². The quantitative estimate of drug-likeness (QED) is 0.490. The van der Waals surface area contributed by atoms with Gasteiger partial charge < -0.3 is 14.4 Å². The summed E-state index contributed by atoms with van der Waals surface area (Å²) in [6, 6.07) is 0. The number of esters is 1. The summed E-state index contributed by atoms with van der Waals surface area (Å²) < 4.78 is 32.7. The van der Waals surface area contributed by atoms with E-state index in [2.05, 4.69) is 4.90 Å². The number of sulfone groups is 1. The summed E-state index contributed by atoms with van der Waals surface area (Å²) in [6.45, 7) is 4.43. The minimum atomic E-state index is -2.86. The summed E-state index contributed by atoms with van der Waals surface area (Å²) in [7, 11) is -2.86. The molecule has 0 unspecified atom stereocenters. The van der Waals surface area contributed by atoms with Crippen LogP contribution in [0.2, 0.25) is 0 Å². The molecule has 0 aromatic carbocycles. The minimum absolute atomic E-state index is 0.0417. The van der Waals surface area contributed by atoms with Crippen LogP contribution in [0.3, 0.4) is 0 Å². The van der Waals surface area contributed by atoms with Gasteiger partial charge in [0.25, 0.3) is 0 Å². The molecule has 1 aliphatic heterocycles. The molecule has 106 valence electrons. The first kappa shape index (κ1) is 15.4. The molecule has 1 fully saturated rings. The van der Waals surface area contributed by atoms with Gasteiger partial charge in [0.05, 0.1) is 24.7 Å². The van der Waals surface area contributed by atoms with Crippen LogP contribution < -0.4 is 0 Å². The third kappa shape index (κ3) is 6.32. The van der Waals surface area contributed by atoms with Crippen molar-refractivity contribution in [2.75, 3.05) is 51.0 Å². The Morgan fingerprint density at radius 2 is 2.06 bits per heavy atom. The SMILES string of the molecule is CCOC(=O)COCCN1CCCS(=O)(=O)CC1. The lowest BCUT2D eigenvalue weighted by molar-refractivity contribution is -0.148. The molecule has 1 heterocycles. The molecule has 0 atom stereocenters. The molecule has 0 amide bonds. The van der Waals surface area contributed by atoms with E-state index in [0.717, 1.165) is 6.54 Å². The largest absolute Gasteiger partial charge is 0.464 e. The molecule has 0 N–H and O–H groups in total. The fourth-order valence-electron chi connectivity index (χ4n) is 1.77. The van der Waals surface area contributed by atoms with Crippen molar-refractivity contribution in [3.8, 4) is 0 Å². The van der Waals surface area contributed by atoms with Gasteiger partial charge >= 0.3 is 5.97 Å². The summed E-state index contributed by atoms with van der Waals surface area (Å²) in [6.07, 6.45) is 0.667. The zero-order valence-corrected chi connectivity index (χ0v) is 11.6. The zero-order chi connectivity index (χ0) is 13.4. The van der Waals surface area contributed by atoms with E-state index in [4.69, 9.17) is 9.47 Å². The second-order valence-electron chi connectivity index (χ2n) is 4.20. The van der Waals surface area contributed by atoms with E-state index in [9.17, 15) is 13.2 Å². The summed E-state index contributed by atoms with van der Waals surface area (Å²) in [4.78, 5) is 13.0. The molecule has 0 aromatic rings. The number of ether oxygens (including phenoxy) is 2. The van der Waals surface area contributed by atoms with Crippen molar-refractivity contribution in [1.82, 2.24) is 4.90 Å². The van der Waals surface area contributed by atoms with Crippen molar-refractivity contribution in [2.45, 2.75) is 13.3 Å². The third-order valence-corrected chi connectivity index (χ3v) is 4.44. The Balaban J connectivity index is 2.14. The van der Waals surface area contributed by atoms with E-state index in [1.165, 1.54) is 0 Å². The lowest BCUT2D eigenvalue weighted by Gasteiger charge is -2.18. The highest BCUT2D eigenvalue weighted by atomic mass is 32.2. The molecule has 0 spiro atoms. The van der Waals surface area contributed by atoms with Gasteiger partial charge in [0, 0.05) is 13.1 Å². The molecule has 0 aliphatic carbocycles. The summed E-state index contributed by atoms with van der Waals surface area (Å²) >= 11 is 0. The molecule has 0 radical (unpaired) electrons. The van der Waals surface area contributed by atoms with Gasteiger partial charge in [-0.15, -0.1) is 0 Å². The second kappa shape index (κ2) is 7.70. The van der Waals surface area contributed by atoms with Crippen LogP contribution in [-0.2, 0) is 24.1 Å². The van der Waals surface area contributed by atoms with Crippen molar-refractivity contribution in [2.24, 2.45) is 0 Å². The zero-order valence-electron chi connectivity index (χ0n) is 10.8. The van der Waals surface area contributed by atoms with Crippen LogP contribution in [0.15, 0.2) is 0 Å². The number of hydrogen-bond donors (Lipinski definition) is 0. The highest BCUT2D eigenvalue weighted by molar-refractivity contribution is 7.91.